The second-order valence-corrected chi connectivity index (χ2v) is 7.71. The lowest BCUT2D eigenvalue weighted by Crippen LogP contribution is -2.32. The first kappa shape index (κ1) is 17.8. The Bertz CT molecular complexity index is 923. The first-order valence-corrected chi connectivity index (χ1v) is 8.41. The Kier molecular flexibility index (Phi) is 4.62. The van der Waals surface area contributed by atoms with Crippen LogP contribution in [0.2, 0.25) is 0 Å². The summed E-state index contributed by atoms with van der Waals surface area (Å²) in [6, 6.07) is 3.48. The Labute approximate surface area is 150 Å². The number of aromatic nitrogens is 6. The van der Waals surface area contributed by atoms with Crippen LogP contribution in [0.4, 0.5) is 4.79 Å². The summed E-state index contributed by atoms with van der Waals surface area (Å²) < 4.78 is 1.67. The molecule has 3 N–H and O–H groups in total. The van der Waals surface area contributed by atoms with Crippen LogP contribution in [0.15, 0.2) is 18.3 Å². The molecular weight excluding hydrogens is 334 g/mol. The number of H-pyrrole nitrogens is 1. The monoisotopic (exact) mass is 357 g/mol. The van der Waals surface area contributed by atoms with Gasteiger partial charge in [-0.3, -0.25) is 5.10 Å². The van der Waals surface area contributed by atoms with Crippen LogP contribution in [0.25, 0.3) is 10.9 Å². The van der Waals surface area contributed by atoms with E-state index in [0.717, 1.165) is 22.0 Å². The Hall–Kier alpha value is -2.97. The van der Waals surface area contributed by atoms with Gasteiger partial charge in [-0.25, -0.2) is 9.48 Å². The Balaban J connectivity index is 1.93. The maximum absolute atomic E-state index is 11.3. The highest BCUT2D eigenvalue weighted by Crippen LogP contribution is 2.24. The van der Waals surface area contributed by atoms with Gasteiger partial charge in [-0.05, 0) is 40.0 Å². The fourth-order valence-corrected chi connectivity index (χ4v) is 3.04. The first-order chi connectivity index (χ1) is 12.2. The number of aryl methyl sites for hydroxylation is 1. The number of carbonyl (C=O) groups is 1. The summed E-state index contributed by atoms with van der Waals surface area (Å²) in [5.74, 6) is 0.507. The van der Waals surface area contributed by atoms with Crippen molar-refractivity contribution in [3.63, 3.8) is 0 Å². The van der Waals surface area contributed by atoms with Crippen LogP contribution in [0.1, 0.15) is 43.8 Å². The zero-order chi connectivity index (χ0) is 18.9. The number of hydrogen-bond donors (Lipinski definition) is 3. The molecule has 0 aliphatic heterocycles. The zero-order valence-electron chi connectivity index (χ0n) is 15.3. The molecule has 0 radical (unpaired) electrons. The van der Waals surface area contributed by atoms with Gasteiger partial charge in [0.25, 0.3) is 0 Å². The molecule has 0 aliphatic carbocycles. The lowest BCUT2D eigenvalue weighted by atomic mass is 9.96. The minimum absolute atomic E-state index is 0.0375. The van der Waals surface area contributed by atoms with Crippen molar-refractivity contribution in [2.75, 3.05) is 0 Å². The maximum atomic E-state index is 11.3. The fraction of sp³-hybridized carbons (Fsp3) is 0.471. The normalized spacial score (nSPS) is 13.1. The minimum atomic E-state index is -1.11. The van der Waals surface area contributed by atoms with Gasteiger partial charge in [-0.1, -0.05) is 26.8 Å². The van der Waals surface area contributed by atoms with Gasteiger partial charge in [-0.2, -0.15) is 5.10 Å². The van der Waals surface area contributed by atoms with E-state index >= 15 is 0 Å². The maximum Gasteiger partial charge on any atom is 0.405 e. The van der Waals surface area contributed by atoms with Gasteiger partial charge in [0, 0.05) is 18.4 Å². The second-order valence-electron chi connectivity index (χ2n) is 7.71. The molecule has 0 spiro atoms. The van der Waals surface area contributed by atoms with Crippen molar-refractivity contribution >= 4 is 17.0 Å². The van der Waals surface area contributed by atoms with Crippen LogP contribution in [0.5, 0.6) is 0 Å². The highest BCUT2D eigenvalue weighted by molar-refractivity contribution is 5.81. The van der Waals surface area contributed by atoms with Gasteiger partial charge in [0.1, 0.15) is 0 Å². The average Bonchev–Trinajstić information content (AvgIpc) is 3.13. The molecule has 1 aromatic carbocycles. The quantitative estimate of drug-likeness (QED) is 0.645. The van der Waals surface area contributed by atoms with Crippen LogP contribution < -0.4 is 5.32 Å². The van der Waals surface area contributed by atoms with Crippen LogP contribution >= 0.6 is 0 Å². The van der Waals surface area contributed by atoms with Gasteiger partial charge in [0.05, 0.1) is 17.8 Å². The average molecular weight is 357 g/mol. The molecule has 2 heterocycles. The third-order valence-corrected chi connectivity index (χ3v) is 4.04. The van der Waals surface area contributed by atoms with E-state index in [1.54, 1.807) is 10.9 Å². The molecule has 0 aliphatic rings. The molecule has 1 amide bonds. The van der Waals surface area contributed by atoms with E-state index in [1.165, 1.54) is 0 Å². The van der Waals surface area contributed by atoms with E-state index < -0.39 is 12.1 Å². The second kappa shape index (κ2) is 6.74. The molecule has 1 unspecified atom stereocenters. The molecule has 26 heavy (non-hydrogen) atoms. The largest absolute Gasteiger partial charge is 0.465 e. The summed E-state index contributed by atoms with van der Waals surface area (Å²) in [7, 11) is 0. The number of fused-ring (bicyclic) bond motifs is 1. The number of nitrogens with zero attached hydrogens (tertiary/aromatic N) is 5. The number of amides is 1. The number of rotatable bonds is 5. The predicted molar refractivity (Wildman–Crippen MR) is 95.7 cm³/mol. The third-order valence-electron chi connectivity index (χ3n) is 4.04. The van der Waals surface area contributed by atoms with Crippen molar-refractivity contribution in [2.45, 2.75) is 46.7 Å². The van der Waals surface area contributed by atoms with E-state index in [9.17, 15) is 9.90 Å². The standard InChI is InChI=1S/C17H23N7O2/c1-10-5-11(6-12-8-18-20-14(10)12)7-13(19-16(25)26)15-21-22-23-24(15)9-17(2,3)4/h5-6,8,13,19H,7,9H2,1-4H3,(H,18,20)(H,25,26). The summed E-state index contributed by atoms with van der Waals surface area (Å²) in [5.41, 5.74) is 2.98. The molecule has 0 saturated carbocycles. The summed E-state index contributed by atoms with van der Waals surface area (Å²) in [6.07, 6.45) is 1.09. The number of tetrazole rings is 1. The summed E-state index contributed by atoms with van der Waals surface area (Å²) in [4.78, 5) is 11.3. The molecular formula is C17H23N7O2. The third kappa shape index (κ3) is 3.98. The van der Waals surface area contributed by atoms with E-state index in [1.807, 2.05) is 19.1 Å². The number of nitrogens with one attached hydrogen (secondary N) is 2. The molecule has 0 fully saturated rings. The summed E-state index contributed by atoms with van der Waals surface area (Å²) in [6.45, 7) is 8.82. The van der Waals surface area contributed by atoms with E-state index in [2.05, 4.69) is 51.8 Å². The molecule has 3 rings (SSSR count). The lowest BCUT2D eigenvalue weighted by Gasteiger charge is -2.21. The molecule has 9 nitrogen and oxygen atoms in total. The highest BCUT2D eigenvalue weighted by atomic mass is 16.4. The van der Waals surface area contributed by atoms with Crippen LogP contribution in [-0.4, -0.2) is 41.6 Å². The van der Waals surface area contributed by atoms with Crippen molar-refractivity contribution in [1.29, 1.82) is 0 Å². The lowest BCUT2D eigenvalue weighted by molar-refractivity contribution is 0.188. The number of benzene rings is 1. The van der Waals surface area contributed by atoms with Gasteiger partial charge in [0.2, 0.25) is 0 Å². The topological polar surface area (TPSA) is 122 Å². The van der Waals surface area contributed by atoms with E-state index in [-0.39, 0.29) is 5.41 Å². The predicted octanol–water partition coefficient (Wildman–Crippen LogP) is 2.46. The first-order valence-electron chi connectivity index (χ1n) is 8.41. The Morgan fingerprint density at radius 3 is 2.85 bits per heavy atom. The molecule has 0 saturated heterocycles. The van der Waals surface area contributed by atoms with Crippen molar-refractivity contribution < 1.29 is 9.90 Å². The van der Waals surface area contributed by atoms with Crippen molar-refractivity contribution in [3.05, 3.63) is 35.3 Å². The van der Waals surface area contributed by atoms with Crippen molar-refractivity contribution in [3.8, 4) is 0 Å². The van der Waals surface area contributed by atoms with Crippen LogP contribution in [0.3, 0.4) is 0 Å². The number of aromatic amines is 1. The molecule has 9 heteroatoms. The van der Waals surface area contributed by atoms with Crippen molar-refractivity contribution in [1.82, 2.24) is 35.7 Å². The molecule has 3 aromatic rings. The SMILES string of the molecule is Cc1cc(CC(NC(=O)O)c2nnnn2CC(C)(C)C)cc2cn[nH]c12. The molecule has 2 aromatic heterocycles. The minimum Gasteiger partial charge on any atom is -0.465 e. The fourth-order valence-electron chi connectivity index (χ4n) is 3.04. The summed E-state index contributed by atoms with van der Waals surface area (Å²) in [5, 5.41) is 31.7. The molecule has 138 valence electrons. The van der Waals surface area contributed by atoms with Gasteiger partial charge in [-0.15, -0.1) is 5.10 Å². The van der Waals surface area contributed by atoms with Gasteiger partial charge >= 0.3 is 6.09 Å². The Morgan fingerprint density at radius 2 is 2.15 bits per heavy atom. The Morgan fingerprint density at radius 1 is 1.38 bits per heavy atom. The van der Waals surface area contributed by atoms with Crippen LogP contribution in [0, 0.1) is 12.3 Å². The number of hydrogen-bond acceptors (Lipinski definition) is 5. The number of carboxylic acid groups (broad SMARTS) is 1. The molecule has 1 atom stereocenters. The zero-order valence-corrected chi connectivity index (χ0v) is 15.3. The van der Waals surface area contributed by atoms with Crippen molar-refractivity contribution in [2.24, 2.45) is 5.41 Å². The summed E-state index contributed by atoms with van der Waals surface area (Å²) >= 11 is 0. The van der Waals surface area contributed by atoms with Crippen LogP contribution in [-0.2, 0) is 13.0 Å². The highest BCUT2D eigenvalue weighted by Gasteiger charge is 2.24. The van der Waals surface area contributed by atoms with Gasteiger partial charge < -0.3 is 10.4 Å². The van der Waals surface area contributed by atoms with E-state index in [4.69, 9.17) is 0 Å². The smallest absolute Gasteiger partial charge is 0.405 e. The molecule has 0 bridgehead atoms. The van der Waals surface area contributed by atoms with E-state index in [0.29, 0.717) is 18.8 Å². The van der Waals surface area contributed by atoms with Gasteiger partial charge in [0.15, 0.2) is 5.82 Å².